The van der Waals surface area contributed by atoms with Gasteiger partial charge in [-0.25, -0.2) is 4.57 Å². The molecule has 9 heteroatoms. The van der Waals surface area contributed by atoms with Crippen LogP contribution in [0.25, 0.3) is 0 Å². The predicted octanol–water partition coefficient (Wildman–Crippen LogP) is 12.9. The summed E-state index contributed by atoms with van der Waals surface area (Å²) in [5.74, 6) is -0.357. The molecule has 3 N–H and O–H groups in total. The summed E-state index contributed by atoms with van der Waals surface area (Å²) in [6, 6.07) is 0. The van der Waals surface area contributed by atoms with E-state index in [-0.39, 0.29) is 38.8 Å². The highest BCUT2D eigenvalue weighted by Gasteiger charge is 2.25. The topological polar surface area (TPSA) is 117 Å². The zero-order valence-corrected chi connectivity index (χ0v) is 35.8. The normalized spacial score (nSPS) is 14.3. The number of ether oxygens (including phenoxy) is 2. The highest BCUT2D eigenvalue weighted by molar-refractivity contribution is 7.47. The molecule has 0 aromatic heterocycles. The van der Waals surface area contributed by atoms with Crippen LogP contribution in [-0.2, 0) is 27.9 Å². The first-order chi connectivity index (χ1) is 26.9. The summed E-state index contributed by atoms with van der Waals surface area (Å²) < 4.78 is 33.4. The molecule has 8 nitrogen and oxygen atoms in total. The molecule has 0 aliphatic heterocycles. The van der Waals surface area contributed by atoms with E-state index in [1.165, 1.54) is 38.5 Å². The van der Waals surface area contributed by atoms with Gasteiger partial charge in [0.05, 0.1) is 19.8 Å². The zero-order valence-electron chi connectivity index (χ0n) is 34.9. The highest BCUT2D eigenvalue weighted by Crippen LogP contribution is 2.43. The molecule has 0 amide bonds. The summed E-state index contributed by atoms with van der Waals surface area (Å²) in [5, 5.41) is 0. The second kappa shape index (κ2) is 42.8. The number of rotatable bonds is 40. The summed E-state index contributed by atoms with van der Waals surface area (Å²) >= 11 is 0. The van der Waals surface area contributed by atoms with Crippen molar-refractivity contribution in [3.05, 3.63) is 85.1 Å². The molecule has 0 radical (unpaired) electrons. The third-order valence-corrected chi connectivity index (χ3v) is 9.53. The summed E-state index contributed by atoms with van der Waals surface area (Å²) in [4.78, 5) is 22.5. The quantitative estimate of drug-likeness (QED) is 0.0273. The number of phosphoric ester groups is 1. The fourth-order valence-electron chi connectivity index (χ4n) is 5.39. The Bertz CT molecular complexity index is 1110. The Kier molecular flexibility index (Phi) is 41.0. The molecule has 0 fully saturated rings. The monoisotopic (exact) mass is 790 g/mol. The SMILES string of the molecule is CC/C=C\C/C=C\C/C=C\C/C=C\C/C=C\CCCCCCCC(=O)OC(COCCCCCCCC/C=C\C/C=C\CCCC)COP(=O)(O)OCCN. The summed E-state index contributed by atoms with van der Waals surface area (Å²) in [6.07, 6.45) is 54.5. The van der Waals surface area contributed by atoms with Gasteiger partial charge in [-0.15, -0.1) is 0 Å². The van der Waals surface area contributed by atoms with Gasteiger partial charge in [-0.3, -0.25) is 13.8 Å². The zero-order chi connectivity index (χ0) is 40.2. The first-order valence-electron chi connectivity index (χ1n) is 21.6. The molecule has 0 spiro atoms. The Labute approximate surface area is 337 Å². The fourth-order valence-corrected chi connectivity index (χ4v) is 6.16. The second-order valence-electron chi connectivity index (χ2n) is 13.8. The minimum atomic E-state index is -4.29. The van der Waals surface area contributed by atoms with Crippen LogP contribution in [0.3, 0.4) is 0 Å². The van der Waals surface area contributed by atoms with Gasteiger partial charge in [0.15, 0.2) is 0 Å². The molecule has 0 aromatic rings. The molecule has 0 aliphatic carbocycles. The number of carbonyl (C=O) groups is 1. The maximum Gasteiger partial charge on any atom is 0.472 e. The van der Waals surface area contributed by atoms with E-state index in [2.05, 4.69) is 98.9 Å². The van der Waals surface area contributed by atoms with Crippen LogP contribution in [0, 0.1) is 0 Å². The third kappa shape index (κ3) is 42.7. The molecule has 0 aromatic carbocycles. The van der Waals surface area contributed by atoms with E-state index in [9.17, 15) is 14.3 Å². The van der Waals surface area contributed by atoms with E-state index in [1.54, 1.807) is 0 Å². The molecule has 0 saturated carbocycles. The van der Waals surface area contributed by atoms with Crippen molar-refractivity contribution in [3.63, 3.8) is 0 Å². The molecule has 0 heterocycles. The van der Waals surface area contributed by atoms with Gasteiger partial charge in [0.25, 0.3) is 0 Å². The Morgan fingerprint density at radius 3 is 1.53 bits per heavy atom. The van der Waals surface area contributed by atoms with E-state index in [0.29, 0.717) is 6.61 Å². The van der Waals surface area contributed by atoms with Gasteiger partial charge in [-0.05, 0) is 83.5 Å². The molecule has 2 atom stereocenters. The van der Waals surface area contributed by atoms with Crippen LogP contribution in [0.1, 0.15) is 162 Å². The van der Waals surface area contributed by atoms with Gasteiger partial charge in [-0.1, -0.05) is 157 Å². The van der Waals surface area contributed by atoms with Crippen LogP contribution in [0.4, 0.5) is 0 Å². The van der Waals surface area contributed by atoms with Gasteiger partial charge < -0.3 is 20.1 Å². The summed E-state index contributed by atoms with van der Waals surface area (Å²) in [5.41, 5.74) is 5.37. The van der Waals surface area contributed by atoms with Crippen molar-refractivity contribution in [2.45, 2.75) is 168 Å². The van der Waals surface area contributed by atoms with Crippen molar-refractivity contribution in [3.8, 4) is 0 Å². The van der Waals surface area contributed by atoms with Crippen molar-refractivity contribution < 1.29 is 32.8 Å². The van der Waals surface area contributed by atoms with Gasteiger partial charge >= 0.3 is 13.8 Å². The van der Waals surface area contributed by atoms with Crippen molar-refractivity contribution in [2.75, 3.05) is 33.0 Å². The Morgan fingerprint density at radius 2 is 1.02 bits per heavy atom. The maximum atomic E-state index is 12.6. The van der Waals surface area contributed by atoms with Crippen molar-refractivity contribution in [1.29, 1.82) is 0 Å². The number of nitrogens with two attached hydrogens (primary N) is 1. The van der Waals surface area contributed by atoms with E-state index in [0.717, 1.165) is 103 Å². The molecule has 316 valence electrons. The van der Waals surface area contributed by atoms with Crippen LogP contribution in [0.5, 0.6) is 0 Å². The molecule has 0 saturated heterocycles. The molecule has 0 aliphatic rings. The van der Waals surface area contributed by atoms with Crippen LogP contribution in [0.15, 0.2) is 85.1 Å². The summed E-state index contributed by atoms with van der Waals surface area (Å²) in [7, 11) is -4.29. The van der Waals surface area contributed by atoms with Gasteiger partial charge in [0.2, 0.25) is 0 Å². The minimum absolute atomic E-state index is 0.0902. The Hall–Kier alpha value is -2.32. The number of esters is 1. The Balaban J connectivity index is 4.12. The molecular weight excluding hydrogens is 709 g/mol. The molecule has 2 unspecified atom stereocenters. The van der Waals surface area contributed by atoms with Gasteiger partial charge in [-0.2, -0.15) is 0 Å². The maximum absolute atomic E-state index is 12.6. The highest BCUT2D eigenvalue weighted by atomic mass is 31.2. The van der Waals surface area contributed by atoms with Crippen LogP contribution < -0.4 is 5.73 Å². The van der Waals surface area contributed by atoms with Crippen molar-refractivity contribution in [1.82, 2.24) is 0 Å². The summed E-state index contributed by atoms with van der Waals surface area (Å²) in [6.45, 7) is 4.69. The number of unbranched alkanes of at least 4 members (excludes halogenated alkanes) is 13. The van der Waals surface area contributed by atoms with Crippen molar-refractivity contribution >= 4 is 13.8 Å². The fraction of sp³-hybridized carbons (Fsp3) is 0.674. The van der Waals surface area contributed by atoms with Crippen LogP contribution in [-0.4, -0.2) is 49.9 Å². The number of hydrogen-bond acceptors (Lipinski definition) is 7. The number of carbonyl (C=O) groups excluding carboxylic acids is 1. The molecule has 0 bridgehead atoms. The standard InChI is InChI=1S/C46H80NO7P/c1-3-5-7-9-11-13-15-17-19-20-21-22-23-24-25-27-29-31-33-35-37-39-46(48)54-45(44-53-55(49,50)52-42-40-47)43-51-41-38-36-34-32-30-28-26-18-16-14-12-10-8-6-4-2/h5,7,10-13,16-19,21-22,24-25,45H,3-4,6,8-9,14-15,20,23,26-44,47H2,1-2H3,(H,49,50)/b7-5-,12-10-,13-11-,18-16-,19-17-,22-21-,25-24-. The lowest BCUT2D eigenvalue weighted by Crippen LogP contribution is -2.28. The smallest absolute Gasteiger partial charge is 0.457 e. The van der Waals surface area contributed by atoms with E-state index in [4.69, 9.17) is 24.3 Å². The average Bonchev–Trinajstić information content (AvgIpc) is 3.17. The largest absolute Gasteiger partial charge is 0.472 e. The van der Waals surface area contributed by atoms with Crippen LogP contribution >= 0.6 is 7.82 Å². The first-order valence-corrected chi connectivity index (χ1v) is 23.1. The third-order valence-electron chi connectivity index (χ3n) is 8.55. The Morgan fingerprint density at radius 1 is 0.564 bits per heavy atom. The van der Waals surface area contributed by atoms with E-state index >= 15 is 0 Å². The lowest BCUT2D eigenvalue weighted by atomic mass is 10.1. The average molecular weight is 790 g/mol. The number of phosphoric acid groups is 1. The van der Waals surface area contributed by atoms with E-state index < -0.39 is 13.9 Å². The molecule has 0 rings (SSSR count). The first kappa shape index (κ1) is 52.7. The number of allylic oxidation sites excluding steroid dienone is 14. The number of hydrogen-bond donors (Lipinski definition) is 2. The minimum Gasteiger partial charge on any atom is -0.457 e. The van der Waals surface area contributed by atoms with E-state index in [1.807, 2.05) is 0 Å². The van der Waals surface area contributed by atoms with Crippen molar-refractivity contribution in [2.24, 2.45) is 5.73 Å². The van der Waals surface area contributed by atoms with Crippen LogP contribution in [0.2, 0.25) is 0 Å². The molecule has 55 heavy (non-hydrogen) atoms. The van der Waals surface area contributed by atoms with Gasteiger partial charge in [0.1, 0.15) is 6.10 Å². The molecular formula is C46H80NO7P. The van der Waals surface area contributed by atoms with Gasteiger partial charge in [0, 0.05) is 19.6 Å². The predicted molar refractivity (Wildman–Crippen MR) is 233 cm³/mol. The second-order valence-corrected chi connectivity index (χ2v) is 15.3. The lowest BCUT2D eigenvalue weighted by Gasteiger charge is -2.20. The lowest BCUT2D eigenvalue weighted by molar-refractivity contribution is -0.154.